The zero-order valence-electron chi connectivity index (χ0n) is 15.3. The van der Waals surface area contributed by atoms with Crippen molar-refractivity contribution in [2.45, 2.75) is 31.8 Å². The van der Waals surface area contributed by atoms with Crippen LogP contribution in [0.4, 0.5) is 4.39 Å². The predicted molar refractivity (Wildman–Crippen MR) is 103 cm³/mol. The van der Waals surface area contributed by atoms with Crippen LogP contribution < -0.4 is 4.74 Å². The molecule has 4 nitrogen and oxygen atoms in total. The fraction of sp³-hybridized carbons (Fsp3) is 0.381. The van der Waals surface area contributed by atoms with Crippen molar-refractivity contribution in [3.05, 3.63) is 64.4 Å². The largest absolute Gasteiger partial charge is 0.491 e. The van der Waals surface area contributed by atoms with Crippen molar-refractivity contribution in [3.8, 4) is 5.75 Å². The Balaban J connectivity index is 1.62. The first-order chi connectivity index (χ1) is 12.9. The van der Waals surface area contributed by atoms with Crippen LogP contribution in [0, 0.1) is 12.7 Å². The first-order valence-electron chi connectivity index (χ1n) is 9.02. The molecule has 27 heavy (non-hydrogen) atoms. The third-order valence-electron chi connectivity index (χ3n) is 4.93. The van der Waals surface area contributed by atoms with E-state index in [-0.39, 0.29) is 18.3 Å². The molecule has 0 bridgehead atoms. The Morgan fingerprint density at radius 1 is 1.26 bits per heavy atom. The average molecular weight is 392 g/mol. The van der Waals surface area contributed by atoms with E-state index in [1.165, 1.54) is 6.07 Å². The molecule has 0 saturated carbocycles. The standard InChI is InChI=1S/C21H23ClFNO3/c1-15-6-7-16(12-19(15)23)20(25)24-10-3-8-21(26,9-11-24)14-27-18-5-2-4-17(22)13-18/h2,4-7,12-13,26H,3,8-11,14H2,1H3. The van der Waals surface area contributed by atoms with E-state index in [1.54, 1.807) is 48.2 Å². The molecule has 1 heterocycles. The number of hydrogen-bond acceptors (Lipinski definition) is 3. The van der Waals surface area contributed by atoms with E-state index < -0.39 is 5.60 Å². The summed E-state index contributed by atoms with van der Waals surface area (Å²) in [5, 5.41) is 11.4. The third kappa shape index (κ3) is 4.99. The fourth-order valence-corrected chi connectivity index (χ4v) is 3.39. The molecule has 1 unspecified atom stereocenters. The number of hydrogen-bond donors (Lipinski definition) is 1. The Hall–Kier alpha value is -2.11. The maximum atomic E-state index is 13.8. The van der Waals surface area contributed by atoms with Gasteiger partial charge in [0.15, 0.2) is 0 Å². The predicted octanol–water partition coefficient (Wildman–Crippen LogP) is 4.22. The van der Waals surface area contributed by atoms with Crippen molar-refractivity contribution >= 4 is 17.5 Å². The lowest BCUT2D eigenvalue weighted by Gasteiger charge is -2.27. The average Bonchev–Trinajstić information content (AvgIpc) is 2.84. The number of carbonyl (C=O) groups excluding carboxylic acids is 1. The molecule has 1 saturated heterocycles. The summed E-state index contributed by atoms with van der Waals surface area (Å²) in [4.78, 5) is 14.3. The Labute approximate surface area is 163 Å². The monoisotopic (exact) mass is 391 g/mol. The zero-order chi connectivity index (χ0) is 19.4. The van der Waals surface area contributed by atoms with Gasteiger partial charge in [-0.2, -0.15) is 0 Å². The molecule has 0 spiro atoms. The van der Waals surface area contributed by atoms with Crippen molar-refractivity contribution in [3.63, 3.8) is 0 Å². The maximum Gasteiger partial charge on any atom is 0.253 e. The van der Waals surface area contributed by atoms with Gasteiger partial charge in [-0.15, -0.1) is 0 Å². The highest BCUT2D eigenvalue weighted by Crippen LogP contribution is 2.26. The highest BCUT2D eigenvalue weighted by molar-refractivity contribution is 6.30. The second-order valence-electron chi connectivity index (χ2n) is 7.08. The lowest BCUT2D eigenvalue weighted by molar-refractivity contribution is -0.0163. The van der Waals surface area contributed by atoms with Gasteiger partial charge in [0, 0.05) is 23.7 Å². The summed E-state index contributed by atoms with van der Waals surface area (Å²) in [6.45, 7) is 2.71. The van der Waals surface area contributed by atoms with Gasteiger partial charge in [-0.05, 0) is 62.1 Å². The van der Waals surface area contributed by atoms with Gasteiger partial charge in [0.05, 0.1) is 0 Å². The SMILES string of the molecule is Cc1ccc(C(=O)N2CCCC(O)(COc3cccc(Cl)c3)CC2)cc1F. The number of halogens is 2. The first-order valence-corrected chi connectivity index (χ1v) is 9.40. The summed E-state index contributed by atoms with van der Waals surface area (Å²) < 4.78 is 19.5. The van der Waals surface area contributed by atoms with Gasteiger partial charge in [0.1, 0.15) is 23.8 Å². The maximum absolute atomic E-state index is 13.8. The summed E-state index contributed by atoms with van der Waals surface area (Å²) in [5.41, 5.74) is -0.177. The van der Waals surface area contributed by atoms with Gasteiger partial charge >= 0.3 is 0 Å². The Morgan fingerprint density at radius 3 is 2.81 bits per heavy atom. The van der Waals surface area contributed by atoms with Crippen LogP contribution in [0.15, 0.2) is 42.5 Å². The summed E-state index contributed by atoms with van der Waals surface area (Å²) in [7, 11) is 0. The van der Waals surface area contributed by atoms with Gasteiger partial charge in [-0.25, -0.2) is 4.39 Å². The quantitative estimate of drug-likeness (QED) is 0.848. The molecular weight excluding hydrogens is 369 g/mol. The molecule has 1 aliphatic heterocycles. The molecule has 0 aromatic heterocycles. The van der Waals surface area contributed by atoms with Gasteiger partial charge in [0.25, 0.3) is 5.91 Å². The molecule has 1 N–H and O–H groups in total. The highest BCUT2D eigenvalue weighted by Gasteiger charge is 2.32. The molecule has 2 aromatic rings. The molecule has 0 radical (unpaired) electrons. The lowest BCUT2D eigenvalue weighted by atomic mass is 9.96. The van der Waals surface area contributed by atoms with Crippen LogP contribution in [0.3, 0.4) is 0 Å². The first kappa shape index (κ1) is 19.6. The molecule has 1 atom stereocenters. The van der Waals surface area contributed by atoms with E-state index in [9.17, 15) is 14.3 Å². The lowest BCUT2D eigenvalue weighted by Crippen LogP contribution is -2.38. The number of benzene rings is 2. The van der Waals surface area contributed by atoms with E-state index in [0.717, 1.165) is 0 Å². The van der Waals surface area contributed by atoms with Gasteiger partial charge in [-0.1, -0.05) is 23.7 Å². The van der Waals surface area contributed by atoms with Gasteiger partial charge < -0.3 is 14.7 Å². The van der Waals surface area contributed by atoms with Crippen LogP contribution in [0.2, 0.25) is 5.02 Å². The number of nitrogens with zero attached hydrogens (tertiary/aromatic N) is 1. The second kappa shape index (κ2) is 8.28. The van der Waals surface area contributed by atoms with Crippen LogP contribution >= 0.6 is 11.6 Å². The number of amides is 1. The smallest absolute Gasteiger partial charge is 0.253 e. The zero-order valence-corrected chi connectivity index (χ0v) is 16.0. The van der Waals surface area contributed by atoms with Crippen molar-refractivity contribution in [1.29, 1.82) is 0 Å². The van der Waals surface area contributed by atoms with E-state index in [1.807, 2.05) is 0 Å². The number of aryl methyl sites for hydroxylation is 1. The number of likely N-dealkylation sites (tertiary alicyclic amines) is 1. The number of ether oxygens (including phenoxy) is 1. The molecule has 3 rings (SSSR count). The minimum atomic E-state index is -1.02. The summed E-state index contributed by atoms with van der Waals surface area (Å²) in [5.74, 6) is -0.000701. The normalized spacial score (nSPS) is 20.2. The van der Waals surface area contributed by atoms with E-state index in [0.29, 0.717) is 54.3 Å². The van der Waals surface area contributed by atoms with Crippen molar-refractivity contribution < 1.29 is 19.0 Å². The van der Waals surface area contributed by atoms with E-state index in [2.05, 4.69) is 0 Å². The van der Waals surface area contributed by atoms with Gasteiger partial charge in [0.2, 0.25) is 0 Å². The van der Waals surface area contributed by atoms with Crippen LogP contribution in [0.5, 0.6) is 5.75 Å². The molecule has 1 fully saturated rings. The summed E-state index contributed by atoms with van der Waals surface area (Å²) in [6, 6.07) is 11.5. The third-order valence-corrected chi connectivity index (χ3v) is 5.16. The molecule has 1 amide bonds. The second-order valence-corrected chi connectivity index (χ2v) is 7.52. The van der Waals surface area contributed by atoms with Crippen LogP contribution in [-0.2, 0) is 0 Å². The Bertz CT molecular complexity index is 829. The molecule has 2 aromatic carbocycles. The molecule has 0 aliphatic carbocycles. The molecule has 144 valence electrons. The van der Waals surface area contributed by atoms with Crippen molar-refractivity contribution in [2.24, 2.45) is 0 Å². The van der Waals surface area contributed by atoms with E-state index in [4.69, 9.17) is 16.3 Å². The van der Waals surface area contributed by atoms with Crippen molar-refractivity contribution in [2.75, 3.05) is 19.7 Å². The Morgan fingerprint density at radius 2 is 2.07 bits per heavy atom. The highest BCUT2D eigenvalue weighted by atomic mass is 35.5. The molecular formula is C21H23ClFNO3. The van der Waals surface area contributed by atoms with Crippen LogP contribution in [-0.4, -0.2) is 41.2 Å². The Kier molecular flexibility index (Phi) is 6.02. The van der Waals surface area contributed by atoms with Crippen LogP contribution in [0.1, 0.15) is 35.2 Å². The van der Waals surface area contributed by atoms with Gasteiger partial charge in [-0.3, -0.25) is 4.79 Å². The number of rotatable bonds is 4. The summed E-state index contributed by atoms with van der Waals surface area (Å²) >= 11 is 5.95. The van der Waals surface area contributed by atoms with Crippen LogP contribution in [0.25, 0.3) is 0 Å². The number of aliphatic hydroxyl groups is 1. The molecule has 1 aliphatic rings. The molecule has 6 heteroatoms. The van der Waals surface area contributed by atoms with E-state index >= 15 is 0 Å². The fourth-order valence-electron chi connectivity index (χ4n) is 3.21. The minimum absolute atomic E-state index is 0.133. The topological polar surface area (TPSA) is 49.8 Å². The van der Waals surface area contributed by atoms with Crippen molar-refractivity contribution in [1.82, 2.24) is 4.90 Å². The number of carbonyl (C=O) groups is 1. The minimum Gasteiger partial charge on any atom is -0.491 e. The summed E-state index contributed by atoms with van der Waals surface area (Å²) in [6.07, 6.45) is 1.57.